The highest BCUT2D eigenvalue weighted by Crippen LogP contribution is 2.42. The third-order valence-corrected chi connectivity index (χ3v) is 7.15. The van der Waals surface area contributed by atoms with Gasteiger partial charge in [0.2, 0.25) is 10.4 Å². The van der Waals surface area contributed by atoms with E-state index in [2.05, 4.69) is 4.18 Å². The summed E-state index contributed by atoms with van der Waals surface area (Å²) in [4.78, 5) is 11.3. The first-order valence-corrected chi connectivity index (χ1v) is 13.1. The lowest BCUT2D eigenvalue weighted by atomic mass is 9.70. The van der Waals surface area contributed by atoms with Crippen molar-refractivity contribution < 1.29 is 75.0 Å². The zero-order chi connectivity index (χ0) is 27.9. The Kier molecular flexibility index (Phi) is 10.3. The van der Waals surface area contributed by atoms with E-state index in [0.717, 1.165) is 6.92 Å². The number of aliphatic hydroxyl groups excluding tert-OH is 3. The van der Waals surface area contributed by atoms with Gasteiger partial charge in [-0.05, 0) is 26.8 Å². The molecule has 0 amide bonds. The highest BCUT2D eigenvalue weighted by molar-refractivity contribution is 7.83. The molecule has 19 heteroatoms. The molecule has 2 aliphatic rings. The van der Waals surface area contributed by atoms with Crippen LogP contribution in [0.25, 0.3) is 0 Å². The molecule has 0 aromatic rings. The molecule has 0 radical (unpaired) electrons. The van der Waals surface area contributed by atoms with Gasteiger partial charge >= 0.3 is 0 Å². The molecule has 0 aromatic carbocycles. The van der Waals surface area contributed by atoms with Crippen LogP contribution in [0.1, 0.15) is 27.7 Å². The average Bonchev–Trinajstić information content (AvgIpc) is 2.69. The van der Waals surface area contributed by atoms with Gasteiger partial charge in [0.1, 0.15) is 23.9 Å². The van der Waals surface area contributed by atoms with E-state index in [-0.39, 0.29) is 5.48 Å². The fourth-order valence-corrected chi connectivity index (χ4v) is 5.53. The summed E-state index contributed by atoms with van der Waals surface area (Å²) in [5, 5.41) is 42.3. The fourth-order valence-electron chi connectivity index (χ4n) is 4.24. The summed E-state index contributed by atoms with van der Waals surface area (Å²) in [7, 11) is -10.5. The number of carbonyl (C=O) groups is 1. The van der Waals surface area contributed by atoms with Crippen molar-refractivity contribution in [3.05, 3.63) is 11.8 Å². The van der Waals surface area contributed by atoms with E-state index in [4.69, 9.17) is 14.2 Å². The van der Waals surface area contributed by atoms with Gasteiger partial charge in [-0.25, -0.2) is 21.6 Å². The van der Waals surface area contributed by atoms with E-state index in [1.807, 2.05) is 0 Å². The molecule has 1 fully saturated rings. The minimum Gasteiger partial charge on any atom is -0.735 e. The highest BCUT2D eigenvalue weighted by Gasteiger charge is 2.57. The molecule has 0 aromatic heterocycles. The third kappa shape index (κ3) is 7.77. The van der Waals surface area contributed by atoms with Crippen molar-refractivity contribution in [1.29, 1.82) is 0 Å². The molecule has 17 nitrogen and oxygen atoms in total. The van der Waals surface area contributed by atoms with Gasteiger partial charge in [-0.1, -0.05) is 6.92 Å². The van der Waals surface area contributed by atoms with Gasteiger partial charge in [0.15, 0.2) is 15.9 Å². The largest absolute Gasteiger partial charge is 0.735 e. The third-order valence-electron chi connectivity index (χ3n) is 6.16. The quantitative estimate of drug-likeness (QED) is 0.139. The monoisotopic (exact) mass is 580 g/mol. The molecule has 6 N–H and O–H groups in total. The van der Waals surface area contributed by atoms with Crippen LogP contribution in [-0.4, -0.2) is 114 Å². The van der Waals surface area contributed by atoms with Crippen molar-refractivity contribution in [2.24, 2.45) is 5.41 Å². The predicted molar refractivity (Wildman–Crippen MR) is 114 cm³/mol. The molecule has 2 aliphatic heterocycles. The Morgan fingerprint density at radius 3 is 2.16 bits per heavy atom. The van der Waals surface area contributed by atoms with Gasteiger partial charge in [0.25, 0.3) is 0 Å². The molecule has 2 rings (SSSR count). The minimum absolute atomic E-state index is 0. The number of aliphatic hydroxyl groups is 3. The molecule has 7 atom stereocenters. The number of carboxylic acid groups (broad SMARTS) is 1. The maximum absolute atomic E-state index is 11.3. The highest BCUT2D eigenvalue weighted by atomic mass is 32.3. The average molecular weight is 581 g/mol. The Labute approximate surface area is 213 Å². The van der Waals surface area contributed by atoms with E-state index >= 15 is 0 Å². The molecule has 2 heterocycles. The summed E-state index contributed by atoms with van der Waals surface area (Å²) < 4.78 is 90.0. The van der Waals surface area contributed by atoms with Gasteiger partial charge in [0.05, 0.1) is 43.7 Å². The van der Waals surface area contributed by atoms with E-state index in [0.29, 0.717) is 6.08 Å². The minimum atomic E-state index is -5.41. The lowest BCUT2D eigenvalue weighted by Crippen LogP contribution is -2.70. The van der Waals surface area contributed by atoms with Crippen molar-refractivity contribution in [3.8, 4) is 0 Å². The van der Waals surface area contributed by atoms with Crippen LogP contribution in [0.2, 0.25) is 0 Å². The molecule has 3 unspecified atom stereocenters. The number of carboxylic acids is 1. The first-order chi connectivity index (χ1) is 16.2. The van der Waals surface area contributed by atoms with Crippen LogP contribution in [0, 0.1) is 5.41 Å². The Morgan fingerprint density at radius 1 is 1.14 bits per heavy atom. The van der Waals surface area contributed by atoms with E-state index in [9.17, 15) is 51.2 Å². The van der Waals surface area contributed by atoms with E-state index in [1.54, 1.807) is 4.72 Å². The van der Waals surface area contributed by atoms with E-state index in [1.165, 1.54) is 20.8 Å². The van der Waals surface area contributed by atoms with Crippen molar-refractivity contribution >= 4 is 26.7 Å². The summed E-state index contributed by atoms with van der Waals surface area (Å²) in [6.07, 6.45) is -6.20. The molecule has 0 aliphatic carbocycles. The predicted octanol–water partition coefficient (Wildman–Crippen LogP) is -5.24. The second-order valence-corrected chi connectivity index (χ2v) is 11.7. The van der Waals surface area contributed by atoms with Gasteiger partial charge in [-0.2, -0.15) is 0 Å². The smallest absolute Gasteiger partial charge is 0.218 e. The lowest BCUT2D eigenvalue weighted by Gasteiger charge is -2.55. The number of ether oxygens (including phenoxy) is 3. The topological polar surface area (TPSA) is 296 Å². The molecule has 1 saturated heterocycles. The van der Waals surface area contributed by atoms with Crippen LogP contribution < -0.4 is 9.83 Å². The summed E-state index contributed by atoms with van der Waals surface area (Å²) in [5.41, 5.74) is -5.17. The molecular formula is C18H30NO16S2-3. The van der Waals surface area contributed by atoms with Crippen LogP contribution in [0.15, 0.2) is 11.8 Å². The van der Waals surface area contributed by atoms with Crippen LogP contribution in [0.3, 0.4) is 0 Å². The summed E-state index contributed by atoms with van der Waals surface area (Å²) >= 11 is 0. The molecule has 218 valence electrons. The van der Waals surface area contributed by atoms with E-state index < -0.39 is 99.3 Å². The summed E-state index contributed by atoms with van der Waals surface area (Å²) in [6, 6.07) is -1.49. The molecule has 0 bridgehead atoms. The van der Waals surface area contributed by atoms with Gasteiger partial charge < -0.3 is 54.0 Å². The van der Waals surface area contributed by atoms with Gasteiger partial charge in [0, 0.05) is 5.41 Å². The molecular weight excluding hydrogens is 550 g/mol. The van der Waals surface area contributed by atoms with Gasteiger partial charge in [-0.3, -0.25) is 4.18 Å². The normalized spacial score (nSPS) is 36.1. The SMILES string of the molecule is CC1(C)OC(CO)[C@@](C)(COC[C@@]2(C)OC(C(=O)[O-])=C[C@@H](O)C2OS(=O)(=O)[O-])[C@@H](O)C1NS(=O)(=O)[O-].O. The van der Waals surface area contributed by atoms with Crippen LogP contribution in [0.5, 0.6) is 0 Å². The Bertz CT molecular complexity index is 1080. The van der Waals surface area contributed by atoms with Crippen molar-refractivity contribution in [2.45, 2.75) is 69.4 Å². The Hall–Kier alpha value is -1.49. The Morgan fingerprint density at radius 2 is 1.70 bits per heavy atom. The van der Waals surface area contributed by atoms with Crippen LogP contribution in [0.4, 0.5) is 0 Å². The lowest BCUT2D eigenvalue weighted by molar-refractivity contribution is -0.307. The van der Waals surface area contributed by atoms with Crippen LogP contribution in [-0.2, 0) is 43.9 Å². The summed E-state index contributed by atoms with van der Waals surface area (Å²) in [6.45, 7) is 3.15. The molecule has 0 spiro atoms. The second kappa shape index (κ2) is 11.3. The standard InChI is InChI=1S/C18H31NO15S2.H2O/c1-16(2)12(19-35(25,26)27)13(22)17(3,11(6-20)33-16)7-31-8-18(4)14(34-36(28,29)30)9(21)5-10(32-18)15(23)24;/h5,9,11-14,19-22H,6-8H2,1-4H3,(H,23,24)(H,25,26,27)(H,28,29,30);1H2/p-3/t9-,11?,12?,13+,14?,17-,18-;/m1./s1. The maximum atomic E-state index is 11.3. The van der Waals surface area contributed by atoms with Crippen molar-refractivity contribution in [1.82, 2.24) is 4.72 Å². The number of hydrogen-bond acceptors (Lipinski definition) is 15. The van der Waals surface area contributed by atoms with Crippen LogP contribution >= 0.6 is 0 Å². The molecule has 0 saturated carbocycles. The number of rotatable bonds is 10. The van der Waals surface area contributed by atoms with Crippen molar-refractivity contribution in [2.75, 3.05) is 19.8 Å². The number of carbonyl (C=O) groups excluding carboxylic acids is 1. The molecule has 37 heavy (non-hydrogen) atoms. The number of nitrogens with one attached hydrogen (secondary N) is 1. The van der Waals surface area contributed by atoms with Gasteiger partial charge in [-0.15, -0.1) is 0 Å². The maximum Gasteiger partial charge on any atom is 0.218 e. The number of aliphatic carboxylic acids is 1. The first-order valence-electron chi connectivity index (χ1n) is 10.4. The zero-order valence-corrected chi connectivity index (χ0v) is 21.8. The second-order valence-electron chi connectivity index (χ2n) is 9.53. The van der Waals surface area contributed by atoms with Crippen molar-refractivity contribution in [3.63, 3.8) is 0 Å². The fraction of sp³-hybridized carbons (Fsp3) is 0.833. The number of hydrogen-bond donors (Lipinski definition) is 4. The summed E-state index contributed by atoms with van der Waals surface area (Å²) in [5.74, 6) is -2.77. The Balaban J connectivity index is 0.00000684. The first kappa shape index (κ1) is 33.5. The zero-order valence-electron chi connectivity index (χ0n) is 20.1.